The zero-order valence-corrected chi connectivity index (χ0v) is 27.6. The topological polar surface area (TPSA) is 38.9 Å². The number of rotatable bonds is 5. The van der Waals surface area contributed by atoms with Crippen molar-refractivity contribution in [1.29, 1.82) is 0 Å². The van der Waals surface area contributed by atoms with Crippen molar-refractivity contribution in [2.45, 2.75) is 0 Å². The fourth-order valence-electron chi connectivity index (χ4n) is 7.25. The van der Waals surface area contributed by atoms with Gasteiger partial charge in [0.2, 0.25) is 0 Å². The summed E-state index contributed by atoms with van der Waals surface area (Å²) in [5, 5.41) is 6.94. The smallest absolute Gasteiger partial charge is 0.160 e. The molecule has 0 spiro atoms. The Labute approximate surface area is 295 Å². The van der Waals surface area contributed by atoms with E-state index in [1.54, 1.807) is 0 Å². The molecule has 0 unspecified atom stereocenters. The molecule has 3 heteroatoms. The second kappa shape index (κ2) is 11.9. The van der Waals surface area contributed by atoms with Gasteiger partial charge in [0, 0.05) is 33.0 Å². The predicted octanol–water partition coefficient (Wildman–Crippen LogP) is 13.0. The first-order valence-corrected chi connectivity index (χ1v) is 17.2. The molecule has 0 N–H and O–H groups in total. The van der Waals surface area contributed by atoms with E-state index in [1.807, 2.05) is 12.1 Å². The van der Waals surface area contributed by atoms with E-state index < -0.39 is 0 Å². The Kier molecular flexibility index (Phi) is 6.81. The summed E-state index contributed by atoms with van der Waals surface area (Å²) in [7, 11) is 0. The van der Waals surface area contributed by atoms with Crippen LogP contribution in [0.4, 0.5) is 0 Å². The minimum atomic E-state index is 0.687. The molecule has 0 atom stereocenters. The van der Waals surface area contributed by atoms with E-state index in [4.69, 9.17) is 14.4 Å². The third-order valence-corrected chi connectivity index (χ3v) is 9.83. The minimum Gasteiger partial charge on any atom is -0.455 e. The van der Waals surface area contributed by atoms with Crippen molar-refractivity contribution in [3.63, 3.8) is 0 Å². The lowest BCUT2D eigenvalue weighted by atomic mass is 9.93. The van der Waals surface area contributed by atoms with Crippen molar-refractivity contribution in [3.05, 3.63) is 182 Å². The number of para-hydroxylation sites is 2. The molecular weight excluding hydrogens is 621 g/mol. The van der Waals surface area contributed by atoms with Crippen LogP contribution >= 0.6 is 0 Å². The van der Waals surface area contributed by atoms with Gasteiger partial charge in [0.25, 0.3) is 0 Å². The van der Waals surface area contributed by atoms with Crippen molar-refractivity contribution < 1.29 is 4.42 Å². The Morgan fingerprint density at radius 2 is 0.922 bits per heavy atom. The van der Waals surface area contributed by atoms with Gasteiger partial charge in [-0.3, -0.25) is 0 Å². The van der Waals surface area contributed by atoms with Gasteiger partial charge >= 0.3 is 0 Å². The van der Waals surface area contributed by atoms with Crippen molar-refractivity contribution in [2.75, 3.05) is 0 Å². The summed E-state index contributed by atoms with van der Waals surface area (Å²) in [6.07, 6.45) is 0. The highest BCUT2D eigenvalue weighted by Crippen LogP contribution is 2.40. The van der Waals surface area contributed by atoms with E-state index in [-0.39, 0.29) is 0 Å². The van der Waals surface area contributed by atoms with Crippen LogP contribution in [0.5, 0.6) is 0 Å². The maximum absolute atomic E-state index is 6.53. The first kappa shape index (κ1) is 29.1. The van der Waals surface area contributed by atoms with Crippen LogP contribution in [0.25, 0.3) is 99.6 Å². The van der Waals surface area contributed by atoms with Crippen LogP contribution in [-0.4, -0.2) is 9.97 Å². The van der Waals surface area contributed by atoms with Gasteiger partial charge in [-0.2, -0.15) is 0 Å². The maximum atomic E-state index is 6.53. The molecule has 2 aromatic heterocycles. The molecule has 0 radical (unpaired) electrons. The van der Waals surface area contributed by atoms with Crippen LogP contribution in [0, 0.1) is 0 Å². The largest absolute Gasteiger partial charge is 0.455 e. The Hall–Kier alpha value is -6.84. The lowest BCUT2D eigenvalue weighted by molar-refractivity contribution is 0.670. The molecule has 0 amide bonds. The summed E-state index contributed by atoms with van der Waals surface area (Å²) in [4.78, 5) is 10.5. The number of hydrogen-bond donors (Lipinski definition) is 0. The third kappa shape index (κ3) is 5.24. The van der Waals surface area contributed by atoms with Gasteiger partial charge in [0.05, 0.1) is 11.4 Å². The van der Waals surface area contributed by atoms with Gasteiger partial charge < -0.3 is 4.42 Å². The monoisotopic (exact) mass is 650 g/mol. The van der Waals surface area contributed by atoms with Crippen LogP contribution in [0.15, 0.2) is 186 Å². The first-order chi connectivity index (χ1) is 25.2. The SMILES string of the molecule is c1ccc(-c2cc(-c3cc(-c4ccc5ccccc5c4)nc(-c4ccc5ccccc5c4)n3)cc(-c3cccc4c3oc3ccccc34)c2)cc1. The number of hydrogen-bond acceptors (Lipinski definition) is 3. The summed E-state index contributed by atoms with van der Waals surface area (Å²) < 4.78 is 6.53. The Morgan fingerprint density at radius 3 is 1.71 bits per heavy atom. The molecule has 0 aliphatic heterocycles. The number of aromatic nitrogens is 2. The van der Waals surface area contributed by atoms with Gasteiger partial charge in [0.1, 0.15) is 11.2 Å². The van der Waals surface area contributed by atoms with Crippen molar-refractivity contribution in [1.82, 2.24) is 9.97 Å². The molecule has 0 aliphatic rings. The molecular formula is C48H30N2O. The van der Waals surface area contributed by atoms with E-state index in [1.165, 1.54) is 16.2 Å². The zero-order chi connectivity index (χ0) is 33.7. The van der Waals surface area contributed by atoms with E-state index >= 15 is 0 Å². The van der Waals surface area contributed by atoms with Gasteiger partial charge in [0.15, 0.2) is 5.82 Å². The summed E-state index contributed by atoms with van der Waals surface area (Å²) in [6, 6.07) is 64.0. The fourth-order valence-corrected chi connectivity index (χ4v) is 7.25. The van der Waals surface area contributed by atoms with Gasteiger partial charge in [-0.1, -0.05) is 140 Å². The van der Waals surface area contributed by atoms with Crippen molar-refractivity contribution in [3.8, 4) is 56.2 Å². The summed E-state index contributed by atoms with van der Waals surface area (Å²) in [6.45, 7) is 0. The zero-order valence-electron chi connectivity index (χ0n) is 27.6. The van der Waals surface area contributed by atoms with Crippen LogP contribution in [0.3, 0.4) is 0 Å². The van der Waals surface area contributed by atoms with E-state index in [0.717, 1.165) is 77.7 Å². The number of fused-ring (bicyclic) bond motifs is 5. The van der Waals surface area contributed by atoms with Crippen LogP contribution in [-0.2, 0) is 0 Å². The number of benzene rings is 8. The van der Waals surface area contributed by atoms with Gasteiger partial charge in [-0.25, -0.2) is 9.97 Å². The molecule has 10 aromatic rings. The molecule has 0 saturated heterocycles. The second-order valence-corrected chi connectivity index (χ2v) is 13.0. The molecule has 2 heterocycles. The first-order valence-electron chi connectivity index (χ1n) is 17.2. The summed E-state index contributed by atoms with van der Waals surface area (Å²) >= 11 is 0. The van der Waals surface area contributed by atoms with E-state index in [9.17, 15) is 0 Å². The molecule has 0 fully saturated rings. The van der Waals surface area contributed by atoms with Crippen LogP contribution < -0.4 is 0 Å². The average Bonchev–Trinajstić information content (AvgIpc) is 3.59. The maximum Gasteiger partial charge on any atom is 0.160 e. The molecule has 3 nitrogen and oxygen atoms in total. The standard InChI is InChI=1S/C48H30N2O/c1-2-11-31(12-3-1)38-27-39(41-18-10-19-43-42-17-8-9-20-46(42)51-47(41)43)29-40(28-38)45-30-44(36-23-21-32-13-4-6-15-34(32)25-36)49-48(50-45)37-24-22-33-14-5-7-16-35(33)26-37/h1-30H. The molecule has 51 heavy (non-hydrogen) atoms. The Balaban J connectivity index is 1.22. The van der Waals surface area contributed by atoms with E-state index in [0.29, 0.717) is 5.82 Å². The Bertz CT molecular complexity index is 2830. The highest BCUT2D eigenvalue weighted by molar-refractivity contribution is 6.10. The highest BCUT2D eigenvalue weighted by Gasteiger charge is 2.17. The lowest BCUT2D eigenvalue weighted by Gasteiger charge is -2.14. The van der Waals surface area contributed by atoms with Gasteiger partial charge in [-0.05, 0) is 80.7 Å². The van der Waals surface area contributed by atoms with Gasteiger partial charge in [-0.15, -0.1) is 0 Å². The summed E-state index contributed by atoms with van der Waals surface area (Å²) in [5.74, 6) is 0.687. The van der Waals surface area contributed by atoms with Crippen molar-refractivity contribution >= 4 is 43.5 Å². The fraction of sp³-hybridized carbons (Fsp3) is 0. The van der Waals surface area contributed by atoms with E-state index in [2.05, 4.69) is 170 Å². The quantitative estimate of drug-likeness (QED) is 0.186. The molecule has 8 aromatic carbocycles. The second-order valence-electron chi connectivity index (χ2n) is 13.0. The normalized spacial score (nSPS) is 11.5. The predicted molar refractivity (Wildman–Crippen MR) is 212 cm³/mol. The molecule has 238 valence electrons. The lowest BCUT2D eigenvalue weighted by Crippen LogP contribution is -1.97. The third-order valence-electron chi connectivity index (χ3n) is 9.83. The van der Waals surface area contributed by atoms with Crippen molar-refractivity contribution in [2.24, 2.45) is 0 Å². The molecule has 0 saturated carbocycles. The van der Waals surface area contributed by atoms with Crippen LogP contribution in [0.1, 0.15) is 0 Å². The van der Waals surface area contributed by atoms with Crippen LogP contribution in [0.2, 0.25) is 0 Å². The number of furan rings is 1. The average molecular weight is 651 g/mol. The molecule has 10 rings (SSSR count). The molecule has 0 aliphatic carbocycles. The molecule has 0 bridgehead atoms. The number of nitrogens with zero attached hydrogens (tertiary/aromatic N) is 2. The highest BCUT2D eigenvalue weighted by atomic mass is 16.3. The summed E-state index contributed by atoms with van der Waals surface area (Å²) in [5.41, 5.74) is 10.9. The Morgan fingerprint density at radius 1 is 0.333 bits per heavy atom. The minimum absolute atomic E-state index is 0.687.